The van der Waals surface area contributed by atoms with Gasteiger partial charge < -0.3 is 15.4 Å². The van der Waals surface area contributed by atoms with E-state index in [4.69, 9.17) is 4.74 Å². The van der Waals surface area contributed by atoms with Crippen LogP contribution in [0.1, 0.15) is 26.2 Å². The average Bonchev–Trinajstić information content (AvgIpc) is 2.36. The number of carbonyl (C=O) groups excluding carboxylic acids is 1. The molecule has 4 heteroatoms. The van der Waals surface area contributed by atoms with Gasteiger partial charge in [0.2, 0.25) is 5.91 Å². The van der Waals surface area contributed by atoms with E-state index in [-0.39, 0.29) is 11.3 Å². The fourth-order valence-electron chi connectivity index (χ4n) is 2.49. The second kappa shape index (κ2) is 6.06. The number of hydrogen-bond acceptors (Lipinski definition) is 3. The lowest BCUT2D eigenvalue weighted by atomic mass is 9.68. The van der Waals surface area contributed by atoms with Crippen molar-refractivity contribution in [1.82, 2.24) is 5.32 Å². The van der Waals surface area contributed by atoms with E-state index in [1.807, 2.05) is 38.2 Å². The molecule has 0 aliphatic heterocycles. The summed E-state index contributed by atoms with van der Waals surface area (Å²) < 4.78 is 5.38. The average molecular weight is 262 g/mol. The van der Waals surface area contributed by atoms with Gasteiger partial charge >= 0.3 is 0 Å². The predicted octanol–water partition coefficient (Wildman–Crippen LogP) is 2.41. The molecule has 1 aliphatic carbocycles. The van der Waals surface area contributed by atoms with Gasteiger partial charge in [-0.1, -0.05) is 6.42 Å². The summed E-state index contributed by atoms with van der Waals surface area (Å²) in [7, 11) is 1.89. The fraction of sp³-hybridized carbons (Fsp3) is 0.533. The lowest BCUT2D eigenvalue weighted by molar-refractivity contribution is -0.129. The summed E-state index contributed by atoms with van der Waals surface area (Å²) in [6, 6.07) is 7.53. The summed E-state index contributed by atoms with van der Waals surface area (Å²) in [6.45, 7) is 3.35. The van der Waals surface area contributed by atoms with E-state index in [2.05, 4.69) is 10.6 Å². The van der Waals surface area contributed by atoms with Gasteiger partial charge in [0.15, 0.2) is 0 Å². The lowest BCUT2D eigenvalue weighted by Gasteiger charge is -2.40. The molecule has 0 atom stereocenters. The molecule has 0 saturated heterocycles. The quantitative estimate of drug-likeness (QED) is 0.827. The van der Waals surface area contributed by atoms with Crippen LogP contribution >= 0.6 is 0 Å². The third-order valence-corrected chi connectivity index (χ3v) is 3.73. The smallest absolute Gasteiger partial charge is 0.231 e. The highest BCUT2D eigenvalue weighted by Crippen LogP contribution is 2.41. The standard InChI is InChI=1S/C15H22N2O2/c1-3-19-13-7-5-12(6-8-13)17-14(18)15(11-16-2)9-4-10-15/h5-8,16H,3-4,9-11H2,1-2H3,(H,17,18). The summed E-state index contributed by atoms with van der Waals surface area (Å²) >= 11 is 0. The number of rotatable bonds is 6. The zero-order chi connectivity index (χ0) is 13.7. The Bertz CT molecular complexity index is 424. The number of nitrogens with one attached hydrogen (secondary N) is 2. The van der Waals surface area contributed by atoms with Crippen molar-refractivity contribution in [3.05, 3.63) is 24.3 Å². The van der Waals surface area contributed by atoms with Crippen LogP contribution in [0.4, 0.5) is 5.69 Å². The van der Waals surface area contributed by atoms with Crippen molar-refractivity contribution in [1.29, 1.82) is 0 Å². The van der Waals surface area contributed by atoms with Crippen LogP contribution in [0.5, 0.6) is 5.75 Å². The minimum atomic E-state index is -0.215. The molecule has 0 heterocycles. The monoisotopic (exact) mass is 262 g/mol. The van der Waals surface area contributed by atoms with Crippen LogP contribution in [0, 0.1) is 5.41 Å². The van der Waals surface area contributed by atoms with E-state index >= 15 is 0 Å². The Morgan fingerprint density at radius 2 is 2.00 bits per heavy atom. The van der Waals surface area contributed by atoms with Crippen LogP contribution in [0.25, 0.3) is 0 Å². The van der Waals surface area contributed by atoms with Crippen molar-refractivity contribution in [3.8, 4) is 5.75 Å². The highest BCUT2D eigenvalue weighted by Gasteiger charge is 2.43. The molecule has 104 valence electrons. The van der Waals surface area contributed by atoms with E-state index in [1.165, 1.54) is 0 Å². The van der Waals surface area contributed by atoms with Crippen LogP contribution in [-0.4, -0.2) is 26.1 Å². The number of ether oxygens (including phenoxy) is 1. The molecule has 0 spiro atoms. The van der Waals surface area contributed by atoms with Gasteiger partial charge in [-0.2, -0.15) is 0 Å². The molecule has 1 fully saturated rings. The minimum absolute atomic E-state index is 0.122. The van der Waals surface area contributed by atoms with Gasteiger partial charge in [-0.05, 0) is 51.1 Å². The molecule has 0 aromatic heterocycles. The zero-order valence-corrected chi connectivity index (χ0v) is 11.7. The third kappa shape index (κ3) is 3.07. The topological polar surface area (TPSA) is 50.4 Å². The summed E-state index contributed by atoms with van der Waals surface area (Å²) in [5, 5.41) is 6.13. The maximum Gasteiger partial charge on any atom is 0.231 e. The van der Waals surface area contributed by atoms with Gasteiger partial charge in [0.1, 0.15) is 5.75 Å². The Balaban J connectivity index is 1.98. The Morgan fingerprint density at radius 1 is 1.32 bits per heavy atom. The molecule has 0 unspecified atom stereocenters. The van der Waals surface area contributed by atoms with Crippen LogP contribution < -0.4 is 15.4 Å². The summed E-state index contributed by atoms with van der Waals surface area (Å²) in [5.41, 5.74) is 0.615. The summed E-state index contributed by atoms with van der Waals surface area (Å²) in [4.78, 5) is 12.3. The number of anilines is 1. The highest BCUT2D eigenvalue weighted by molar-refractivity contribution is 5.96. The van der Waals surface area contributed by atoms with Crippen molar-refractivity contribution >= 4 is 11.6 Å². The molecule has 4 nitrogen and oxygen atoms in total. The van der Waals surface area contributed by atoms with Gasteiger partial charge in [-0.25, -0.2) is 0 Å². The predicted molar refractivity (Wildman–Crippen MR) is 76.5 cm³/mol. The molecular weight excluding hydrogens is 240 g/mol. The maximum absolute atomic E-state index is 12.3. The molecule has 0 radical (unpaired) electrons. The van der Waals surface area contributed by atoms with Crippen molar-refractivity contribution in [2.24, 2.45) is 5.41 Å². The van der Waals surface area contributed by atoms with Gasteiger partial charge in [0, 0.05) is 12.2 Å². The van der Waals surface area contributed by atoms with Crippen LogP contribution in [0.3, 0.4) is 0 Å². The number of benzene rings is 1. The highest BCUT2D eigenvalue weighted by atomic mass is 16.5. The van der Waals surface area contributed by atoms with Gasteiger partial charge in [0.05, 0.1) is 12.0 Å². The normalized spacial score (nSPS) is 16.5. The first-order chi connectivity index (χ1) is 9.20. The van der Waals surface area contributed by atoms with E-state index in [1.54, 1.807) is 0 Å². The molecule has 1 aromatic rings. The molecule has 2 N–H and O–H groups in total. The zero-order valence-electron chi connectivity index (χ0n) is 11.7. The second-order valence-corrected chi connectivity index (χ2v) is 5.08. The fourth-order valence-corrected chi connectivity index (χ4v) is 2.49. The Labute approximate surface area is 114 Å². The molecule has 0 bridgehead atoms. The first kappa shape index (κ1) is 13.9. The number of hydrogen-bond donors (Lipinski definition) is 2. The van der Waals surface area contributed by atoms with Gasteiger partial charge in [-0.15, -0.1) is 0 Å². The van der Waals surface area contributed by atoms with Crippen molar-refractivity contribution in [3.63, 3.8) is 0 Å². The maximum atomic E-state index is 12.3. The molecule has 19 heavy (non-hydrogen) atoms. The van der Waals surface area contributed by atoms with E-state index in [9.17, 15) is 4.79 Å². The van der Waals surface area contributed by atoms with Crippen molar-refractivity contribution in [2.45, 2.75) is 26.2 Å². The second-order valence-electron chi connectivity index (χ2n) is 5.08. The largest absolute Gasteiger partial charge is 0.494 e. The number of amides is 1. The molecule has 1 amide bonds. The Kier molecular flexibility index (Phi) is 4.43. The summed E-state index contributed by atoms with van der Waals surface area (Å²) in [5.74, 6) is 0.950. The van der Waals surface area contributed by atoms with E-state index < -0.39 is 0 Å². The van der Waals surface area contributed by atoms with E-state index in [0.29, 0.717) is 6.61 Å². The van der Waals surface area contributed by atoms with Crippen molar-refractivity contribution < 1.29 is 9.53 Å². The Morgan fingerprint density at radius 3 is 2.47 bits per heavy atom. The molecule has 1 aliphatic rings. The molecule has 1 saturated carbocycles. The molecule has 2 rings (SSSR count). The third-order valence-electron chi connectivity index (χ3n) is 3.73. The Hall–Kier alpha value is -1.55. The first-order valence-electron chi connectivity index (χ1n) is 6.89. The van der Waals surface area contributed by atoms with Crippen LogP contribution in [0.15, 0.2) is 24.3 Å². The SMILES string of the molecule is CCOc1ccc(NC(=O)C2(CNC)CCC2)cc1. The lowest BCUT2D eigenvalue weighted by Crippen LogP contribution is -2.48. The van der Waals surface area contributed by atoms with Crippen LogP contribution in [-0.2, 0) is 4.79 Å². The van der Waals surface area contributed by atoms with Gasteiger partial charge in [-0.3, -0.25) is 4.79 Å². The molecule has 1 aromatic carbocycles. The van der Waals surface area contributed by atoms with Gasteiger partial charge in [0.25, 0.3) is 0 Å². The van der Waals surface area contributed by atoms with E-state index in [0.717, 1.165) is 37.2 Å². The first-order valence-corrected chi connectivity index (χ1v) is 6.89. The summed E-state index contributed by atoms with van der Waals surface area (Å²) in [6.07, 6.45) is 3.08. The van der Waals surface area contributed by atoms with Crippen molar-refractivity contribution in [2.75, 3.05) is 25.5 Å². The molecular formula is C15H22N2O2. The number of carbonyl (C=O) groups is 1. The minimum Gasteiger partial charge on any atom is -0.494 e. The van der Waals surface area contributed by atoms with Crippen LogP contribution in [0.2, 0.25) is 0 Å².